The number of nitro groups is 1. The molecule has 3 rings (SSSR count). The fourth-order valence-corrected chi connectivity index (χ4v) is 2.14. The average Bonchev–Trinajstić information content (AvgIpc) is 2.56. The van der Waals surface area contributed by atoms with Crippen molar-refractivity contribution in [3.63, 3.8) is 0 Å². The molecule has 0 aliphatic heterocycles. The van der Waals surface area contributed by atoms with Crippen molar-refractivity contribution < 1.29 is 23.3 Å². The number of halogens is 1. The molecule has 0 aliphatic rings. The zero-order valence-corrected chi connectivity index (χ0v) is 12.4. The molecular formula is C16H9FN2O6. The van der Waals surface area contributed by atoms with Crippen molar-refractivity contribution in [3.05, 3.63) is 74.9 Å². The van der Waals surface area contributed by atoms with Gasteiger partial charge in [-0.25, -0.2) is 9.59 Å². The summed E-state index contributed by atoms with van der Waals surface area (Å²) in [5.74, 6) is -1.07. The summed E-state index contributed by atoms with van der Waals surface area (Å²) in [6.45, 7) is 0. The van der Waals surface area contributed by atoms with E-state index in [1.807, 2.05) is 0 Å². The molecule has 0 spiro atoms. The average molecular weight is 344 g/mol. The number of nitro benzene ring substituents is 1. The second-order valence-corrected chi connectivity index (χ2v) is 4.86. The molecule has 0 radical (unpaired) electrons. The Morgan fingerprint density at radius 3 is 2.72 bits per heavy atom. The van der Waals surface area contributed by atoms with Gasteiger partial charge in [0.15, 0.2) is 5.75 Å². The predicted octanol–water partition coefficient (Wildman–Crippen LogP) is 3.45. The van der Waals surface area contributed by atoms with Crippen molar-refractivity contribution in [2.24, 2.45) is 0 Å². The molecule has 9 heteroatoms. The van der Waals surface area contributed by atoms with Crippen LogP contribution in [0.5, 0.6) is 5.75 Å². The molecule has 1 heterocycles. The van der Waals surface area contributed by atoms with E-state index in [1.165, 1.54) is 6.07 Å². The van der Waals surface area contributed by atoms with E-state index in [1.54, 1.807) is 18.2 Å². The van der Waals surface area contributed by atoms with E-state index in [2.05, 4.69) is 5.32 Å². The van der Waals surface area contributed by atoms with Crippen molar-refractivity contribution in [3.8, 4) is 5.75 Å². The van der Waals surface area contributed by atoms with Gasteiger partial charge in [-0.15, -0.1) is 0 Å². The van der Waals surface area contributed by atoms with Gasteiger partial charge in [-0.1, -0.05) is 12.1 Å². The van der Waals surface area contributed by atoms with Crippen LogP contribution in [-0.2, 0) is 0 Å². The van der Waals surface area contributed by atoms with E-state index < -0.39 is 28.1 Å². The van der Waals surface area contributed by atoms with Crippen LogP contribution >= 0.6 is 0 Å². The fraction of sp³-hybridized carbons (Fsp3) is 0. The van der Waals surface area contributed by atoms with Crippen LogP contribution < -0.4 is 15.7 Å². The highest BCUT2D eigenvalue weighted by Crippen LogP contribution is 2.25. The lowest BCUT2D eigenvalue weighted by atomic mass is 10.2. The molecule has 8 nitrogen and oxygen atoms in total. The predicted molar refractivity (Wildman–Crippen MR) is 85.2 cm³/mol. The van der Waals surface area contributed by atoms with Crippen molar-refractivity contribution in [2.75, 3.05) is 5.32 Å². The summed E-state index contributed by atoms with van der Waals surface area (Å²) in [4.78, 5) is 33.3. The van der Waals surface area contributed by atoms with Crippen molar-refractivity contribution in [2.45, 2.75) is 0 Å². The van der Waals surface area contributed by atoms with Crippen LogP contribution in [-0.4, -0.2) is 11.0 Å². The second-order valence-electron chi connectivity index (χ2n) is 4.86. The lowest BCUT2D eigenvalue weighted by molar-refractivity contribution is -0.387. The highest BCUT2D eigenvalue weighted by atomic mass is 19.1. The van der Waals surface area contributed by atoms with Crippen molar-refractivity contribution >= 4 is 28.4 Å². The summed E-state index contributed by atoms with van der Waals surface area (Å²) in [7, 11) is 0. The molecule has 0 saturated heterocycles. The largest absolute Gasteiger partial charge is 0.422 e. The van der Waals surface area contributed by atoms with E-state index in [0.29, 0.717) is 5.39 Å². The van der Waals surface area contributed by atoms with E-state index in [9.17, 15) is 24.1 Å². The zero-order valence-electron chi connectivity index (χ0n) is 12.4. The van der Waals surface area contributed by atoms with Gasteiger partial charge in [0, 0.05) is 6.07 Å². The Balaban J connectivity index is 1.85. The maximum Gasteiger partial charge on any atom is 0.417 e. The van der Waals surface area contributed by atoms with Gasteiger partial charge in [-0.05, 0) is 24.3 Å². The number of hydrogen-bond acceptors (Lipinski definition) is 6. The highest BCUT2D eigenvalue weighted by molar-refractivity contribution is 5.91. The SMILES string of the molecule is O=C(Nc1ccc(F)c([N+](=O)[O-])c1)Oc1cc(=O)oc2ccccc12. The summed E-state index contributed by atoms with van der Waals surface area (Å²) in [6.07, 6.45) is -1.00. The topological polar surface area (TPSA) is 112 Å². The summed E-state index contributed by atoms with van der Waals surface area (Å²) in [5.41, 5.74) is -1.30. The summed E-state index contributed by atoms with van der Waals surface area (Å²) >= 11 is 0. The third-order valence-corrected chi connectivity index (χ3v) is 3.20. The van der Waals surface area contributed by atoms with Crippen LogP contribution in [0.4, 0.5) is 20.6 Å². The van der Waals surface area contributed by atoms with Crippen LogP contribution in [0.1, 0.15) is 0 Å². The van der Waals surface area contributed by atoms with Crippen LogP contribution in [0.15, 0.2) is 57.7 Å². The van der Waals surface area contributed by atoms with Gasteiger partial charge in [0.1, 0.15) is 5.58 Å². The Morgan fingerprint density at radius 1 is 1.20 bits per heavy atom. The number of amides is 1. The minimum atomic E-state index is -1.03. The first-order valence-corrected chi connectivity index (χ1v) is 6.90. The highest BCUT2D eigenvalue weighted by Gasteiger charge is 2.16. The third-order valence-electron chi connectivity index (χ3n) is 3.20. The Morgan fingerprint density at radius 2 is 1.96 bits per heavy atom. The molecule has 1 amide bonds. The van der Waals surface area contributed by atoms with Gasteiger partial charge in [0.25, 0.3) is 0 Å². The first-order valence-electron chi connectivity index (χ1n) is 6.90. The first-order chi connectivity index (χ1) is 11.9. The molecule has 0 bridgehead atoms. The van der Waals surface area contributed by atoms with Gasteiger partial charge in [0.2, 0.25) is 5.82 Å². The molecule has 1 N–H and O–H groups in total. The number of carbonyl (C=O) groups excluding carboxylic acids is 1. The number of nitrogens with zero attached hydrogens (tertiary/aromatic N) is 1. The molecule has 0 unspecified atom stereocenters. The minimum Gasteiger partial charge on any atom is -0.422 e. The van der Waals surface area contributed by atoms with E-state index in [4.69, 9.17) is 9.15 Å². The number of para-hydroxylation sites is 1. The second kappa shape index (κ2) is 6.40. The van der Waals surface area contributed by atoms with E-state index >= 15 is 0 Å². The lowest BCUT2D eigenvalue weighted by Gasteiger charge is -2.08. The van der Waals surface area contributed by atoms with Crippen LogP contribution in [0.25, 0.3) is 11.0 Å². The molecule has 3 aromatic rings. The Kier molecular flexibility index (Phi) is 4.12. The molecule has 0 atom stereocenters. The summed E-state index contributed by atoms with van der Waals surface area (Å²) in [6, 6.07) is 10.3. The maximum absolute atomic E-state index is 13.3. The number of nitrogens with one attached hydrogen (secondary N) is 1. The monoisotopic (exact) mass is 344 g/mol. The number of hydrogen-bond donors (Lipinski definition) is 1. The van der Waals surface area contributed by atoms with Crippen LogP contribution in [0, 0.1) is 15.9 Å². The molecule has 0 saturated carbocycles. The number of fused-ring (bicyclic) bond motifs is 1. The zero-order chi connectivity index (χ0) is 18.0. The number of benzene rings is 2. The van der Waals surface area contributed by atoms with Crippen LogP contribution in [0.2, 0.25) is 0 Å². The molecule has 25 heavy (non-hydrogen) atoms. The van der Waals surface area contributed by atoms with Gasteiger partial charge >= 0.3 is 17.4 Å². The van der Waals surface area contributed by atoms with Gasteiger partial charge in [-0.2, -0.15) is 4.39 Å². The van der Waals surface area contributed by atoms with Gasteiger partial charge in [0.05, 0.1) is 22.1 Å². The van der Waals surface area contributed by atoms with E-state index in [0.717, 1.165) is 24.3 Å². The van der Waals surface area contributed by atoms with Gasteiger partial charge < -0.3 is 9.15 Å². The van der Waals surface area contributed by atoms with Crippen molar-refractivity contribution in [1.29, 1.82) is 0 Å². The Hall–Kier alpha value is -3.75. The van der Waals surface area contributed by atoms with E-state index in [-0.39, 0.29) is 17.0 Å². The third kappa shape index (κ3) is 3.44. The fourth-order valence-electron chi connectivity index (χ4n) is 2.14. The van der Waals surface area contributed by atoms with Crippen molar-refractivity contribution in [1.82, 2.24) is 0 Å². The van der Waals surface area contributed by atoms with Gasteiger partial charge in [-0.3, -0.25) is 15.4 Å². The molecule has 1 aromatic heterocycles. The molecule has 0 aliphatic carbocycles. The summed E-state index contributed by atoms with van der Waals surface area (Å²) in [5, 5.41) is 13.3. The summed E-state index contributed by atoms with van der Waals surface area (Å²) < 4.78 is 23.3. The Labute approximate surface area is 138 Å². The quantitative estimate of drug-likeness (QED) is 0.442. The first kappa shape index (κ1) is 16.1. The number of ether oxygens (including phenoxy) is 1. The Bertz CT molecular complexity index is 1050. The lowest BCUT2D eigenvalue weighted by Crippen LogP contribution is -2.18. The number of rotatable bonds is 3. The molecule has 2 aromatic carbocycles. The number of carbonyl (C=O) groups is 1. The standard InChI is InChI=1S/C16H9FN2O6/c17-11-6-5-9(7-12(11)19(22)23)18-16(21)25-14-8-15(20)24-13-4-2-1-3-10(13)14/h1-8H,(H,18,21). The smallest absolute Gasteiger partial charge is 0.417 e. The maximum atomic E-state index is 13.3. The van der Waals surface area contributed by atoms with Crippen LogP contribution in [0.3, 0.4) is 0 Å². The molecular weight excluding hydrogens is 335 g/mol. The normalized spacial score (nSPS) is 10.4. The number of anilines is 1. The minimum absolute atomic E-state index is 0.0367. The molecule has 126 valence electrons. The molecule has 0 fully saturated rings.